The Morgan fingerprint density at radius 2 is 2.17 bits per heavy atom. The fraction of sp³-hybridized carbons (Fsp3) is 0.545. The van der Waals surface area contributed by atoms with Gasteiger partial charge in [0.05, 0.1) is 0 Å². The number of hydrogen-bond acceptors (Lipinski definition) is 1. The third-order valence-corrected chi connectivity index (χ3v) is 3.35. The minimum absolute atomic E-state index is 0.811. The van der Waals surface area contributed by atoms with Crippen LogP contribution >= 0.6 is 0 Å². The number of aryl methyl sites for hydroxylation is 1. The molecular formula is C11H13N. The Bertz CT molecular complexity index is 330. The lowest BCUT2D eigenvalue weighted by atomic mass is 9.95. The van der Waals surface area contributed by atoms with Gasteiger partial charge in [0.25, 0.3) is 0 Å². The zero-order valence-electron chi connectivity index (χ0n) is 7.38. The summed E-state index contributed by atoms with van der Waals surface area (Å²) in [5, 5.41) is 0. The number of hydrogen-bond donors (Lipinski definition) is 0. The van der Waals surface area contributed by atoms with Gasteiger partial charge in [0.2, 0.25) is 0 Å². The predicted octanol–water partition coefficient (Wildman–Crippen LogP) is 2.75. The van der Waals surface area contributed by atoms with Gasteiger partial charge in [-0.3, -0.25) is 4.98 Å². The van der Waals surface area contributed by atoms with Gasteiger partial charge >= 0.3 is 0 Å². The summed E-state index contributed by atoms with van der Waals surface area (Å²) in [6, 6.07) is 2.34. The molecule has 0 saturated heterocycles. The van der Waals surface area contributed by atoms with Crippen LogP contribution in [0.15, 0.2) is 12.3 Å². The second kappa shape index (κ2) is 2.09. The van der Waals surface area contributed by atoms with Gasteiger partial charge in [-0.1, -0.05) is 6.07 Å². The van der Waals surface area contributed by atoms with Crippen molar-refractivity contribution >= 4 is 0 Å². The van der Waals surface area contributed by atoms with Crippen LogP contribution < -0.4 is 0 Å². The Kier molecular flexibility index (Phi) is 1.16. The third kappa shape index (κ3) is 0.715. The molecule has 0 spiro atoms. The summed E-state index contributed by atoms with van der Waals surface area (Å²) < 4.78 is 0. The minimum Gasteiger partial charge on any atom is -0.260 e. The highest BCUT2D eigenvalue weighted by Crippen LogP contribution is 2.51. The van der Waals surface area contributed by atoms with Gasteiger partial charge in [0.15, 0.2) is 0 Å². The summed E-state index contributed by atoms with van der Waals surface area (Å²) in [7, 11) is 0. The highest BCUT2D eigenvalue weighted by atomic mass is 14.7. The van der Waals surface area contributed by atoms with Gasteiger partial charge < -0.3 is 0 Å². The van der Waals surface area contributed by atoms with Crippen molar-refractivity contribution in [3.63, 3.8) is 0 Å². The van der Waals surface area contributed by atoms with E-state index in [2.05, 4.69) is 18.0 Å². The van der Waals surface area contributed by atoms with Crippen LogP contribution in [0.25, 0.3) is 0 Å². The highest BCUT2D eigenvalue weighted by Gasteiger charge is 2.37. The molecule has 62 valence electrons. The molecule has 12 heavy (non-hydrogen) atoms. The normalized spacial score (nSPS) is 30.8. The summed E-state index contributed by atoms with van der Waals surface area (Å²) in [5.41, 5.74) is 4.30. The molecule has 2 aliphatic carbocycles. The van der Waals surface area contributed by atoms with Crippen LogP contribution in [0.1, 0.15) is 47.9 Å². The number of rotatable bonds is 0. The molecule has 1 heteroatoms. The van der Waals surface area contributed by atoms with E-state index >= 15 is 0 Å². The zero-order valence-corrected chi connectivity index (χ0v) is 7.38. The molecule has 0 amide bonds. The molecule has 0 radical (unpaired) electrons. The number of nitrogens with zero attached hydrogens (tertiary/aromatic N) is 1. The fourth-order valence-electron chi connectivity index (χ4n) is 2.78. The molecule has 1 saturated carbocycles. The second-order valence-electron chi connectivity index (χ2n) is 4.19. The lowest BCUT2D eigenvalue weighted by Gasteiger charge is -2.13. The lowest BCUT2D eigenvalue weighted by Crippen LogP contribution is -2.00. The van der Waals surface area contributed by atoms with Crippen LogP contribution in [0.5, 0.6) is 0 Å². The summed E-state index contributed by atoms with van der Waals surface area (Å²) >= 11 is 0. The van der Waals surface area contributed by atoms with Gasteiger partial charge in [-0.15, -0.1) is 0 Å². The largest absolute Gasteiger partial charge is 0.260 e. The fourth-order valence-corrected chi connectivity index (χ4v) is 2.78. The molecule has 1 nitrogen and oxygen atoms in total. The van der Waals surface area contributed by atoms with Crippen molar-refractivity contribution in [3.05, 3.63) is 29.1 Å². The molecule has 0 N–H and O–H groups in total. The molecule has 2 bridgehead atoms. The molecule has 3 rings (SSSR count). The first-order valence-corrected chi connectivity index (χ1v) is 4.81. The molecule has 0 aliphatic heterocycles. The summed E-state index contributed by atoms with van der Waals surface area (Å²) in [6.07, 6.45) is 6.18. The molecule has 0 aromatic carbocycles. The molecule has 2 unspecified atom stereocenters. The number of aromatic nitrogens is 1. The molecule has 1 aromatic rings. The average Bonchev–Trinajstić information content (AvgIpc) is 2.63. The summed E-state index contributed by atoms with van der Waals surface area (Å²) in [5.74, 6) is 1.67. The van der Waals surface area contributed by atoms with Crippen LogP contribution in [0, 0.1) is 6.92 Å². The average molecular weight is 159 g/mol. The standard InChI is InChI=1S/C11H13N/c1-7-4-10-8-2-3-9(5-8)11(10)12-6-7/h4,6,8-9H,2-3,5H2,1H3. The SMILES string of the molecule is Cc1cnc2c(c1)C1CCC2C1. The van der Waals surface area contributed by atoms with Crippen LogP contribution in [-0.4, -0.2) is 4.98 Å². The van der Waals surface area contributed by atoms with E-state index in [-0.39, 0.29) is 0 Å². The van der Waals surface area contributed by atoms with Crippen molar-refractivity contribution in [2.75, 3.05) is 0 Å². The Morgan fingerprint density at radius 3 is 3.08 bits per heavy atom. The third-order valence-electron chi connectivity index (χ3n) is 3.35. The molecule has 1 heterocycles. The van der Waals surface area contributed by atoms with Gasteiger partial charge in [-0.25, -0.2) is 0 Å². The van der Waals surface area contributed by atoms with Crippen LogP contribution in [0.3, 0.4) is 0 Å². The Hall–Kier alpha value is -0.850. The smallest absolute Gasteiger partial charge is 0.0469 e. The zero-order chi connectivity index (χ0) is 8.13. The quantitative estimate of drug-likeness (QED) is 0.567. The van der Waals surface area contributed by atoms with Crippen molar-refractivity contribution in [3.8, 4) is 0 Å². The van der Waals surface area contributed by atoms with Crippen LogP contribution in [0.4, 0.5) is 0 Å². The first-order chi connectivity index (χ1) is 5.84. The van der Waals surface area contributed by atoms with E-state index < -0.39 is 0 Å². The topological polar surface area (TPSA) is 12.9 Å². The van der Waals surface area contributed by atoms with E-state index in [9.17, 15) is 0 Å². The van der Waals surface area contributed by atoms with Crippen molar-refractivity contribution < 1.29 is 0 Å². The summed E-state index contributed by atoms with van der Waals surface area (Å²) in [6.45, 7) is 2.14. The van der Waals surface area contributed by atoms with Gasteiger partial charge in [0, 0.05) is 17.8 Å². The van der Waals surface area contributed by atoms with Crippen molar-refractivity contribution in [2.24, 2.45) is 0 Å². The van der Waals surface area contributed by atoms with E-state index in [4.69, 9.17) is 0 Å². The van der Waals surface area contributed by atoms with Crippen LogP contribution in [0.2, 0.25) is 0 Å². The van der Waals surface area contributed by atoms with E-state index in [1.54, 1.807) is 5.56 Å². The predicted molar refractivity (Wildman–Crippen MR) is 48.3 cm³/mol. The first-order valence-electron chi connectivity index (χ1n) is 4.81. The maximum absolute atomic E-state index is 4.54. The number of fused-ring (bicyclic) bond motifs is 5. The molecule has 2 aliphatic rings. The van der Waals surface area contributed by atoms with Gasteiger partial charge in [-0.05, 0) is 43.2 Å². The summed E-state index contributed by atoms with van der Waals surface area (Å²) in [4.78, 5) is 4.54. The lowest BCUT2D eigenvalue weighted by molar-refractivity contribution is 0.696. The maximum Gasteiger partial charge on any atom is 0.0469 e. The second-order valence-corrected chi connectivity index (χ2v) is 4.19. The Morgan fingerprint density at radius 1 is 1.33 bits per heavy atom. The van der Waals surface area contributed by atoms with E-state index in [1.165, 1.54) is 30.5 Å². The first kappa shape index (κ1) is 6.64. The van der Waals surface area contributed by atoms with Crippen molar-refractivity contribution in [2.45, 2.75) is 38.0 Å². The monoisotopic (exact) mass is 159 g/mol. The van der Waals surface area contributed by atoms with E-state index in [0.29, 0.717) is 0 Å². The van der Waals surface area contributed by atoms with Crippen molar-refractivity contribution in [1.29, 1.82) is 0 Å². The molecule has 1 aromatic heterocycles. The highest BCUT2D eigenvalue weighted by molar-refractivity contribution is 5.38. The number of pyridine rings is 1. The minimum atomic E-state index is 0.811. The molecule has 1 fully saturated rings. The Labute approximate surface area is 72.8 Å². The van der Waals surface area contributed by atoms with E-state index in [0.717, 1.165) is 11.8 Å². The van der Waals surface area contributed by atoms with Crippen molar-refractivity contribution in [1.82, 2.24) is 4.98 Å². The maximum atomic E-state index is 4.54. The van der Waals surface area contributed by atoms with Gasteiger partial charge in [0.1, 0.15) is 0 Å². The molecular weight excluding hydrogens is 146 g/mol. The van der Waals surface area contributed by atoms with Gasteiger partial charge in [-0.2, -0.15) is 0 Å². The van der Waals surface area contributed by atoms with Crippen LogP contribution in [-0.2, 0) is 0 Å². The molecule has 2 atom stereocenters. The Balaban J connectivity index is 2.20. The van der Waals surface area contributed by atoms with E-state index in [1.807, 2.05) is 6.20 Å².